The largest absolute Gasteiger partial charge is 0.416 e. The van der Waals surface area contributed by atoms with Crippen LogP contribution >= 0.6 is 81.4 Å². The Kier molecular flexibility index (Phi) is 6.08. The second kappa shape index (κ2) is 7.10. The number of benzene rings is 1. The normalized spacial score (nSPS) is 12.8. The van der Waals surface area contributed by atoms with E-state index in [-0.39, 0.29) is 32.9 Å². The summed E-state index contributed by atoms with van der Waals surface area (Å²) >= 11 is 34.3. The molecule has 0 fully saturated rings. The number of aromatic nitrogens is 2. The summed E-state index contributed by atoms with van der Waals surface area (Å²) in [5, 5.41) is -1.60. The molecule has 2 rings (SSSR count). The molecule has 0 atom stereocenters. The lowest BCUT2D eigenvalue weighted by atomic mass is 10.2. The lowest BCUT2D eigenvalue weighted by Crippen LogP contribution is -2.07. The van der Waals surface area contributed by atoms with E-state index in [1.165, 1.54) is 0 Å². The van der Waals surface area contributed by atoms with Crippen molar-refractivity contribution in [1.82, 2.24) is 9.55 Å². The van der Waals surface area contributed by atoms with Crippen LogP contribution in [0.1, 0.15) is 5.56 Å². The van der Waals surface area contributed by atoms with Gasteiger partial charge in [-0.25, -0.2) is 4.98 Å². The highest BCUT2D eigenvalue weighted by Crippen LogP contribution is 2.46. The fraction of sp³-hybridized carbons (Fsp3) is 0.182. The molecule has 1 aromatic carbocycles. The van der Waals surface area contributed by atoms with Crippen molar-refractivity contribution in [3.63, 3.8) is 0 Å². The zero-order valence-electron chi connectivity index (χ0n) is 10.7. The molecule has 0 unspecified atom stereocenters. The molecular formula is C11H2Cl6F4N2S. The first-order chi connectivity index (χ1) is 10.8. The van der Waals surface area contributed by atoms with E-state index in [2.05, 4.69) is 4.98 Å². The van der Waals surface area contributed by atoms with Crippen molar-refractivity contribution in [3.05, 3.63) is 38.2 Å². The predicted octanol–water partition coefficient (Wildman–Crippen LogP) is 7.66. The lowest BCUT2D eigenvalue weighted by Gasteiger charge is -2.14. The van der Waals surface area contributed by atoms with Crippen LogP contribution in [0.3, 0.4) is 0 Å². The first-order valence-electron chi connectivity index (χ1n) is 5.57. The first kappa shape index (κ1) is 20.6. The topological polar surface area (TPSA) is 17.8 Å². The van der Waals surface area contributed by atoms with E-state index in [1.54, 1.807) is 0 Å². The summed E-state index contributed by atoms with van der Waals surface area (Å²) in [7, 11) is 0. The van der Waals surface area contributed by atoms with E-state index in [1.807, 2.05) is 0 Å². The minimum absolute atomic E-state index is 0.158. The molecule has 0 N–H and O–H groups in total. The van der Waals surface area contributed by atoms with E-state index < -0.39 is 25.7 Å². The van der Waals surface area contributed by atoms with Crippen molar-refractivity contribution in [2.75, 3.05) is 0 Å². The van der Waals surface area contributed by atoms with E-state index in [0.29, 0.717) is 12.1 Å². The molecule has 0 aliphatic rings. The second-order valence-electron chi connectivity index (χ2n) is 4.15. The number of imidazole rings is 1. The Morgan fingerprint density at radius 2 is 1.46 bits per heavy atom. The molecule has 0 aliphatic heterocycles. The van der Waals surface area contributed by atoms with Crippen molar-refractivity contribution in [3.8, 4) is 5.69 Å². The SMILES string of the molecule is FC(Cl)(Cl)Sc1nc(Cl)n(-c2c(Cl)cc(C(F)(F)F)cc2Cl)c1Cl. The summed E-state index contributed by atoms with van der Waals surface area (Å²) < 4.78 is 49.8. The zero-order chi connectivity index (χ0) is 18.4. The molecule has 0 amide bonds. The summed E-state index contributed by atoms with van der Waals surface area (Å²) in [5.41, 5.74) is -1.22. The average molecular weight is 483 g/mol. The van der Waals surface area contributed by atoms with E-state index in [9.17, 15) is 17.6 Å². The zero-order valence-corrected chi connectivity index (χ0v) is 16.1. The lowest BCUT2D eigenvalue weighted by molar-refractivity contribution is -0.137. The highest BCUT2D eigenvalue weighted by atomic mass is 35.5. The number of hydrogen-bond donors (Lipinski definition) is 0. The average Bonchev–Trinajstić information content (AvgIpc) is 2.62. The molecule has 1 heterocycles. The third-order valence-electron chi connectivity index (χ3n) is 2.53. The van der Waals surface area contributed by atoms with Gasteiger partial charge in [-0.05, 0) is 35.5 Å². The highest BCUT2D eigenvalue weighted by molar-refractivity contribution is 8.03. The first-order valence-corrected chi connectivity index (χ1v) is 8.66. The maximum atomic E-state index is 13.3. The molecule has 2 nitrogen and oxygen atoms in total. The van der Waals surface area contributed by atoms with Crippen LogP contribution in [0.25, 0.3) is 5.69 Å². The molecule has 2 aromatic rings. The molecular weight excluding hydrogens is 481 g/mol. The Morgan fingerprint density at radius 3 is 1.88 bits per heavy atom. The quantitative estimate of drug-likeness (QED) is 0.254. The minimum atomic E-state index is -4.65. The van der Waals surface area contributed by atoms with Gasteiger partial charge in [0.25, 0.3) is 0 Å². The highest BCUT2D eigenvalue weighted by Gasteiger charge is 2.34. The molecule has 1 aromatic heterocycles. The Bertz CT molecular complexity index is 763. The monoisotopic (exact) mass is 480 g/mol. The summed E-state index contributed by atoms with van der Waals surface area (Å²) in [6, 6.07) is 1.29. The molecule has 13 heteroatoms. The Labute approximate surface area is 166 Å². The fourth-order valence-corrected chi connectivity index (χ4v) is 3.96. The van der Waals surface area contributed by atoms with E-state index >= 15 is 0 Å². The smallest absolute Gasteiger partial charge is 0.270 e. The maximum Gasteiger partial charge on any atom is 0.416 e. The van der Waals surface area contributed by atoms with Gasteiger partial charge < -0.3 is 0 Å². The minimum Gasteiger partial charge on any atom is -0.270 e. The summed E-state index contributed by atoms with van der Waals surface area (Å²) in [6.07, 6.45) is -4.65. The van der Waals surface area contributed by atoms with Crippen molar-refractivity contribution >= 4 is 81.4 Å². The van der Waals surface area contributed by atoms with Gasteiger partial charge in [0.15, 0.2) is 0 Å². The van der Waals surface area contributed by atoms with Gasteiger partial charge in [0.05, 0.1) is 21.3 Å². The van der Waals surface area contributed by atoms with Gasteiger partial charge in [0.2, 0.25) is 5.28 Å². The van der Waals surface area contributed by atoms with Crippen LogP contribution in [-0.2, 0) is 6.18 Å². The van der Waals surface area contributed by atoms with Gasteiger partial charge >= 0.3 is 10.1 Å². The summed E-state index contributed by atoms with van der Waals surface area (Å²) in [6.45, 7) is 0. The van der Waals surface area contributed by atoms with Gasteiger partial charge in [-0.3, -0.25) is 4.57 Å². The number of rotatable bonds is 3. The Balaban J connectivity index is 2.62. The van der Waals surface area contributed by atoms with Crippen LogP contribution in [-0.4, -0.2) is 13.5 Å². The molecule has 24 heavy (non-hydrogen) atoms. The Hall–Kier alpha value is 0.240. The number of halogens is 10. The van der Waals surface area contributed by atoms with Crippen LogP contribution in [0.15, 0.2) is 17.2 Å². The van der Waals surface area contributed by atoms with Crippen LogP contribution in [0.4, 0.5) is 17.6 Å². The fourth-order valence-electron chi connectivity index (χ4n) is 1.66. The van der Waals surface area contributed by atoms with Crippen molar-refractivity contribution < 1.29 is 17.6 Å². The van der Waals surface area contributed by atoms with Gasteiger partial charge in [0, 0.05) is 0 Å². The van der Waals surface area contributed by atoms with Crippen LogP contribution < -0.4 is 0 Å². The van der Waals surface area contributed by atoms with E-state index in [0.717, 1.165) is 4.57 Å². The van der Waals surface area contributed by atoms with Crippen molar-refractivity contribution in [2.45, 2.75) is 15.1 Å². The van der Waals surface area contributed by atoms with Gasteiger partial charge in [0.1, 0.15) is 10.2 Å². The van der Waals surface area contributed by atoms with Crippen LogP contribution in [0.5, 0.6) is 0 Å². The van der Waals surface area contributed by atoms with E-state index in [4.69, 9.17) is 69.6 Å². The molecule has 0 radical (unpaired) electrons. The second-order valence-corrected chi connectivity index (χ2v) is 8.49. The molecule has 0 saturated carbocycles. The van der Waals surface area contributed by atoms with Crippen molar-refractivity contribution in [2.24, 2.45) is 0 Å². The molecule has 0 spiro atoms. The van der Waals surface area contributed by atoms with Gasteiger partial charge in [-0.15, -0.1) is 0 Å². The van der Waals surface area contributed by atoms with Gasteiger partial charge in [-0.2, -0.15) is 17.6 Å². The number of hydrogen-bond acceptors (Lipinski definition) is 2. The molecule has 0 bridgehead atoms. The van der Waals surface area contributed by atoms with Crippen molar-refractivity contribution in [1.29, 1.82) is 0 Å². The predicted molar refractivity (Wildman–Crippen MR) is 90.0 cm³/mol. The number of nitrogens with zero attached hydrogens (tertiary/aromatic N) is 2. The third-order valence-corrected chi connectivity index (χ3v) is 4.99. The molecule has 0 aliphatic carbocycles. The van der Waals surface area contributed by atoms with Gasteiger partial charge in [-0.1, -0.05) is 58.0 Å². The molecule has 132 valence electrons. The standard InChI is InChI=1S/C11H2Cl6F4N2S/c12-4-1-3(10(18,19)20)2-5(13)6(4)23-7(14)8(22-9(23)15)24-11(16,17)21/h1-2H. The number of thioether (sulfide) groups is 1. The summed E-state index contributed by atoms with van der Waals surface area (Å²) in [5.74, 6) is 0. The third kappa shape index (κ3) is 4.50. The number of alkyl halides is 6. The maximum absolute atomic E-state index is 13.3. The Morgan fingerprint density at radius 1 is 0.958 bits per heavy atom. The molecule has 0 saturated heterocycles. The van der Waals surface area contributed by atoms with Crippen LogP contribution in [0, 0.1) is 0 Å². The van der Waals surface area contributed by atoms with Crippen LogP contribution in [0.2, 0.25) is 20.5 Å². The summed E-state index contributed by atoms with van der Waals surface area (Å²) in [4.78, 5) is 3.74.